The lowest BCUT2D eigenvalue weighted by Gasteiger charge is -2.04. The van der Waals surface area contributed by atoms with Crippen LogP contribution in [0.2, 0.25) is 0 Å². The number of hydrogen-bond donors (Lipinski definition) is 1. The van der Waals surface area contributed by atoms with Crippen molar-refractivity contribution in [2.45, 2.75) is 0 Å². The number of rotatable bonds is 1. The van der Waals surface area contributed by atoms with Crippen molar-refractivity contribution in [3.05, 3.63) is 68.5 Å². The van der Waals surface area contributed by atoms with E-state index in [0.29, 0.717) is 0 Å². The molecular weight excluding hydrogens is 337 g/mol. The Labute approximate surface area is 118 Å². The molecule has 88 valence electrons. The van der Waals surface area contributed by atoms with Crippen molar-refractivity contribution in [1.29, 1.82) is 0 Å². The van der Waals surface area contributed by atoms with E-state index in [1.165, 1.54) is 0 Å². The third-order valence-corrected chi connectivity index (χ3v) is 3.56. The maximum Gasteiger partial charge on any atom is 0.256 e. The van der Waals surface area contributed by atoms with E-state index in [9.17, 15) is 4.79 Å². The van der Waals surface area contributed by atoms with Gasteiger partial charge in [-0.2, -0.15) is 0 Å². The van der Waals surface area contributed by atoms with E-state index in [-0.39, 0.29) is 5.56 Å². The summed E-state index contributed by atoms with van der Waals surface area (Å²) in [4.78, 5) is 14.9. The molecule has 0 aliphatic heterocycles. The lowest BCUT2D eigenvalue weighted by atomic mass is 10.1. The van der Waals surface area contributed by atoms with Gasteiger partial charge in [0, 0.05) is 14.7 Å². The SMILES string of the molecule is O=c1[nH]c(-c2cccc(I)c2)cc2ccccc12. The number of aromatic amines is 1. The summed E-state index contributed by atoms with van der Waals surface area (Å²) in [6.07, 6.45) is 0. The van der Waals surface area contributed by atoms with E-state index < -0.39 is 0 Å². The minimum atomic E-state index is -0.0399. The Bertz CT molecular complexity index is 777. The molecule has 3 rings (SSSR count). The van der Waals surface area contributed by atoms with E-state index >= 15 is 0 Å². The number of pyridine rings is 1. The molecule has 1 heterocycles. The smallest absolute Gasteiger partial charge is 0.256 e. The number of hydrogen-bond acceptors (Lipinski definition) is 1. The van der Waals surface area contributed by atoms with Crippen LogP contribution in [0.5, 0.6) is 0 Å². The zero-order valence-electron chi connectivity index (χ0n) is 9.48. The van der Waals surface area contributed by atoms with Gasteiger partial charge in [0.1, 0.15) is 0 Å². The second kappa shape index (κ2) is 4.57. The molecule has 1 aromatic heterocycles. The molecule has 0 bridgehead atoms. The highest BCUT2D eigenvalue weighted by atomic mass is 127. The van der Waals surface area contributed by atoms with Gasteiger partial charge in [0.25, 0.3) is 5.56 Å². The Kier molecular flexibility index (Phi) is 2.91. The molecule has 0 aliphatic rings. The van der Waals surface area contributed by atoms with Gasteiger partial charge in [-0.3, -0.25) is 4.79 Å². The van der Waals surface area contributed by atoms with E-state index in [1.807, 2.05) is 48.5 Å². The molecule has 0 atom stereocenters. The Morgan fingerprint density at radius 3 is 2.61 bits per heavy atom. The summed E-state index contributed by atoms with van der Waals surface area (Å²) in [7, 11) is 0. The number of aromatic nitrogens is 1. The fourth-order valence-electron chi connectivity index (χ4n) is 2.02. The maximum atomic E-state index is 12.0. The molecule has 3 aromatic rings. The normalized spacial score (nSPS) is 10.7. The van der Waals surface area contributed by atoms with Gasteiger partial charge in [0.2, 0.25) is 0 Å². The predicted molar refractivity (Wildman–Crippen MR) is 82.7 cm³/mol. The first-order valence-corrected chi connectivity index (χ1v) is 6.70. The van der Waals surface area contributed by atoms with Crippen LogP contribution in [0.4, 0.5) is 0 Å². The average molecular weight is 347 g/mol. The number of fused-ring (bicyclic) bond motifs is 1. The first-order chi connectivity index (χ1) is 8.74. The fraction of sp³-hybridized carbons (Fsp3) is 0. The molecule has 3 heteroatoms. The first kappa shape index (κ1) is 11.5. The van der Waals surface area contributed by atoms with Crippen molar-refractivity contribution in [2.75, 3.05) is 0 Å². The summed E-state index contributed by atoms with van der Waals surface area (Å²) >= 11 is 2.27. The van der Waals surface area contributed by atoms with Gasteiger partial charge in [-0.1, -0.05) is 30.3 Å². The van der Waals surface area contributed by atoms with Crippen molar-refractivity contribution >= 4 is 33.4 Å². The zero-order valence-corrected chi connectivity index (χ0v) is 11.6. The van der Waals surface area contributed by atoms with Gasteiger partial charge in [-0.05, 0) is 57.8 Å². The molecule has 0 amide bonds. The molecule has 0 aliphatic carbocycles. The van der Waals surface area contributed by atoms with Crippen LogP contribution < -0.4 is 5.56 Å². The van der Waals surface area contributed by atoms with Crippen molar-refractivity contribution in [2.24, 2.45) is 0 Å². The van der Waals surface area contributed by atoms with Gasteiger partial charge in [0.05, 0.1) is 0 Å². The fourth-order valence-corrected chi connectivity index (χ4v) is 2.57. The van der Waals surface area contributed by atoms with E-state index in [4.69, 9.17) is 0 Å². The minimum absolute atomic E-state index is 0.0399. The molecule has 0 spiro atoms. The van der Waals surface area contributed by atoms with Gasteiger partial charge in [-0.25, -0.2) is 0 Å². The number of H-pyrrole nitrogens is 1. The monoisotopic (exact) mass is 347 g/mol. The highest BCUT2D eigenvalue weighted by molar-refractivity contribution is 14.1. The zero-order chi connectivity index (χ0) is 12.5. The molecule has 18 heavy (non-hydrogen) atoms. The van der Waals surface area contributed by atoms with E-state index in [0.717, 1.165) is 25.6 Å². The predicted octanol–water partition coefficient (Wildman–Crippen LogP) is 3.80. The van der Waals surface area contributed by atoms with Crippen LogP contribution >= 0.6 is 22.6 Å². The Balaban J connectivity index is 2.28. The van der Waals surface area contributed by atoms with Crippen molar-refractivity contribution in [3.8, 4) is 11.3 Å². The summed E-state index contributed by atoms with van der Waals surface area (Å²) in [5.74, 6) is 0. The minimum Gasteiger partial charge on any atom is -0.321 e. The van der Waals surface area contributed by atoms with E-state index in [1.54, 1.807) is 0 Å². The molecule has 0 saturated carbocycles. The third kappa shape index (κ3) is 2.06. The van der Waals surface area contributed by atoms with Gasteiger partial charge >= 0.3 is 0 Å². The standard InChI is InChI=1S/C15H10INO/c16-12-6-3-5-11(8-12)14-9-10-4-1-2-7-13(10)15(18)17-14/h1-9H,(H,17,18). The van der Waals surface area contributed by atoms with Crippen LogP contribution in [0, 0.1) is 3.57 Å². The highest BCUT2D eigenvalue weighted by Gasteiger charge is 2.03. The molecular formula is C15H10INO. The maximum absolute atomic E-state index is 12.0. The molecule has 0 fully saturated rings. The molecule has 1 N–H and O–H groups in total. The number of benzene rings is 2. The van der Waals surface area contributed by atoms with Gasteiger partial charge in [-0.15, -0.1) is 0 Å². The Morgan fingerprint density at radius 2 is 1.78 bits per heavy atom. The summed E-state index contributed by atoms with van der Waals surface area (Å²) < 4.78 is 1.15. The third-order valence-electron chi connectivity index (χ3n) is 2.89. The van der Waals surface area contributed by atoms with Crippen molar-refractivity contribution in [3.63, 3.8) is 0 Å². The molecule has 0 saturated heterocycles. The van der Waals surface area contributed by atoms with Crippen LogP contribution in [-0.2, 0) is 0 Å². The number of nitrogens with one attached hydrogen (secondary N) is 1. The first-order valence-electron chi connectivity index (χ1n) is 5.62. The van der Waals surface area contributed by atoms with Crippen LogP contribution in [0.1, 0.15) is 0 Å². The average Bonchev–Trinajstić information content (AvgIpc) is 2.39. The summed E-state index contributed by atoms with van der Waals surface area (Å²) in [6, 6.07) is 17.7. The quantitative estimate of drug-likeness (QED) is 0.668. The number of halogens is 1. The summed E-state index contributed by atoms with van der Waals surface area (Å²) in [6.45, 7) is 0. The molecule has 2 aromatic carbocycles. The topological polar surface area (TPSA) is 32.9 Å². The van der Waals surface area contributed by atoms with E-state index in [2.05, 4.69) is 33.6 Å². The molecule has 0 unspecified atom stereocenters. The summed E-state index contributed by atoms with van der Waals surface area (Å²) in [5, 5.41) is 1.70. The molecule has 2 nitrogen and oxygen atoms in total. The Hall–Kier alpha value is -1.62. The van der Waals surface area contributed by atoms with Gasteiger partial charge < -0.3 is 4.98 Å². The van der Waals surface area contributed by atoms with Gasteiger partial charge in [0.15, 0.2) is 0 Å². The van der Waals surface area contributed by atoms with Crippen molar-refractivity contribution < 1.29 is 0 Å². The highest BCUT2D eigenvalue weighted by Crippen LogP contribution is 2.21. The van der Waals surface area contributed by atoms with Crippen LogP contribution in [0.15, 0.2) is 59.4 Å². The van der Waals surface area contributed by atoms with Crippen LogP contribution in [0.25, 0.3) is 22.0 Å². The van der Waals surface area contributed by atoms with Crippen molar-refractivity contribution in [1.82, 2.24) is 4.98 Å². The lowest BCUT2D eigenvalue weighted by Crippen LogP contribution is -2.06. The molecule has 0 radical (unpaired) electrons. The lowest BCUT2D eigenvalue weighted by molar-refractivity contribution is 1.28. The Morgan fingerprint density at radius 1 is 0.944 bits per heavy atom. The second-order valence-electron chi connectivity index (χ2n) is 4.11. The summed E-state index contributed by atoms with van der Waals surface area (Å²) in [5.41, 5.74) is 1.85. The second-order valence-corrected chi connectivity index (χ2v) is 5.36. The van der Waals surface area contributed by atoms with Crippen LogP contribution in [0.3, 0.4) is 0 Å². The van der Waals surface area contributed by atoms with Crippen LogP contribution in [-0.4, -0.2) is 4.98 Å². The largest absolute Gasteiger partial charge is 0.321 e.